The fourth-order valence-electron chi connectivity index (χ4n) is 2.08. The van der Waals surface area contributed by atoms with Crippen molar-refractivity contribution in [2.75, 3.05) is 11.9 Å². The van der Waals surface area contributed by atoms with Crippen molar-refractivity contribution in [2.45, 2.75) is 11.9 Å². The van der Waals surface area contributed by atoms with Crippen LogP contribution >= 0.6 is 31.9 Å². The van der Waals surface area contributed by atoms with E-state index in [1.54, 1.807) is 6.07 Å². The molecule has 0 N–H and O–H groups in total. The predicted octanol–water partition coefficient (Wildman–Crippen LogP) is 5.12. The van der Waals surface area contributed by atoms with Crippen molar-refractivity contribution in [1.82, 2.24) is 0 Å². The standard InChI is InChI=1S/C15H14Br2FN/c1-19(10-11-4-2-6-13(17)8-11)15-12(9-16)5-3-7-14(15)18/h2-8H,9-10H2,1H3. The zero-order valence-electron chi connectivity index (χ0n) is 10.5. The van der Waals surface area contributed by atoms with E-state index in [2.05, 4.69) is 31.9 Å². The van der Waals surface area contributed by atoms with Gasteiger partial charge in [0.1, 0.15) is 5.82 Å². The van der Waals surface area contributed by atoms with Gasteiger partial charge in [-0.25, -0.2) is 4.39 Å². The molecule has 2 aromatic carbocycles. The molecule has 0 saturated carbocycles. The van der Waals surface area contributed by atoms with Crippen molar-refractivity contribution >= 4 is 37.5 Å². The summed E-state index contributed by atoms with van der Waals surface area (Å²) in [6, 6.07) is 13.2. The first kappa shape index (κ1) is 14.5. The van der Waals surface area contributed by atoms with Gasteiger partial charge in [-0.15, -0.1) is 0 Å². The maximum absolute atomic E-state index is 14.0. The van der Waals surface area contributed by atoms with Gasteiger partial charge in [-0.05, 0) is 29.3 Å². The van der Waals surface area contributed by atoms with Crippen LogP contribution in [0.25, 0.3) is 0 Å². The maximum Gasteiger partial charge on any atom is 0.146 e. The molecule has 4 heteroatoms. The van der Waals surface area contributed by atoms with Crippen molar-refractivity contribution in [3.63, 3.8) is 0 Å². The quantitative estimate of drug-likeness (QED) is 0.659. The molecule has 0 aromatic heterocycles. The predicted molar refractivity (Wildman–Crippen MR) is 85.3 cm³/mol. The van der Waals surface area contributed by atoms with E-state index in [1.807, 2.05) is 42.3 Å². The monoisotopic (exact) mass is 385 g/mol. The number of alkyl halides is 1. The van der Waals surface area contributed by atoms with Crippen molar-refractivity contribution < 1.29 is 4.39 Å². The molecule has 2 rings (SSSR count). The van der Waals surface area contributed by atoms with E-state index in [0.29, 0.717) is 17.6 Å². The third-order valence-corrected chi connectivity index (χ3v) is 4.00. The molecule has 19 heavy (non-hydrogen) atoms. The van der Waals surface area contributed by atoms with Crippen LogP contribution in [0, 0.1) is 5.82 Å². The molecule has 0 aliphatic carbocycles. The highest BCUT2D eigenvalue weighted by atomic mass is 79.9. The van der Waals surface area contributed by atoms with Gasteiger partial charge in [0, 0.05) is 23.4 Å². The number of benzene rings is 2. The number of nitrogens with zero attached hydrogens (tertiary/aromatic N) is 1. The van der Waals surface area contributed by atoms with E-state index < -0.39 is 0 Å². The molecule has 0 aliphatic heterocycles. The average Bonchev–Trinajstić information content (AvgIpc) is 2.38. The fraction of sp³-hybridized carbons (Fsp3) is 0.200. The zero-order chi connectivity index (χ0) is 13.8. The Bertz CT molecular complexity index is 572. The normalized spacial score (nSPS) is 10.5. The van der Waals surface area contributed by atoms with Crippen LogP contribution in [-0.2, 0) is 11.9 Å². The van der Waals surface area contributed by atoms with E-state index >= 15 is 0 Å². The molecule has 0 spiro atoms. The molecule has 0 aliphatic rings. The molecule has 0 heterocycles. The van der Waals surface area contributed by atoms with E-state index in [9.17, 15) is 4.39 Å². The second kappa shape index (κ2) is 6.53. The van der Waals surface area contributed by atoms with Crippen LogP contribution in [0.3, 0.4) is 0 Å². The first-order chi connectivity index (χ1) is 9.11. The number of hydrogen-bond acceptors (Lipinski definition) is 1. The molecule has 0 fully saturated rings. The molecule has 0 atom stereocenters. The lowest BCUT2D eigenvalue weighted by Gasteiger charge is -2.22. The summed E-state index contributed by atoms with van der Waals surface area (Å²) in [5.41, 5.74) is 2.75. The Morgan fingerprint density at radius 1 is 1.16 bits per heavy atom. The molecule has 0 amide bonds. The smallest absolute Gasteiger partial charge is 0.146 e. The summed E-state index contributed by atoms with van der Waals surface area (Å²) in [6.45, 7) is 0.667. The van der Waals surface area contributed by atoms with Crippen LogP contribution in [0.4, 0.5) is 10.1 Å². The summed E-state index contributed by atoms with van der Waals surface area (Å²) >= 11 is 6.86. The largest absolute Gasteiger partial charge is 0.368 e. The minimum Gasteiger partial charge on any atom is -0.368 e. The van der Waals surface area contributed by atoms with Crippen LogP contribution in [0.1, 0.15) is 11.1 Å². The van der Waals surface area contributed by atoms with Gasteiger partial charge in [0.2, 0.25) is 0 Å². The third-order valence-electron chi connectivity index (χ3n) is 2.90. The Labute approximate surface area is 129 Å². The lowest BCUT2D eigenvalue weighted by atomic mass is 10.1. The number of hydrogen-bond donors (Lipinski definition) is 0. The van der Waals surface area contributed by atoms with Gasteiger partial charge in [0.05, 0.1) is 5.69 Å². The van der Waals surface area contributed by atoms with Gasteiger partial charge in [-0.2, -0.15) is 0 Å². The number of anilines is 1. The van der Waals surface area contributed by atoms with Crippen molar-refractivity contribution in [3.05, 3.63) is 63.9 Å². The van der Waals surface area contributed by atoms with Crippen molar-refractivity contribution in [1.29, 1.82) is 0 Å². The summed E-state index contributed by atoms with van der Waals surface area (Å²) < 4.78 is 15.0. The average molecular weight is 387 g/mol. The summed E-state index contributed by atoms with van der Waals surface area (Å²) in [5.74, 6) is -0.186. The van der Waals surface area contributed by atoms with Crippen LogP contribution in [0.15, 0.2) is 46.9 Å². The molecule has 0 radical (unpaired) electrons. The second-order valence-electron chi connectivity index (χ2n) is 4.37. The van der Waals surface area contributed by atoms with Gasteiger partial charge >= 0.3 is 0 Å². The second-order valence-corrected chi connectivity index (χ2v) is 5.84. The lowest BCUT2D eigenvalue weighted by Crippen LogP contribution is -2.19. The molecule has 0 bridgehead atoms. The number of halogens is 3. The van der Waals surface area contributed by atoms with Gasteiger partial charge < -0.3 is 4.90 Å². The first-order valence-electron chi connectivity index (χ1n) is 5.90. The highest BCUT2D eigenvalue weighted by Gasteiger charge is 2.12. The van der Waals surface area contributed by atoms with Crippen LogP contribution in [-0.4, -0.2) is 7.05 Å². The topological polar surface area (TPSA) is 3.24 Å². The SMILES string of the molecule is CN(Cc1cccc(Br)c1)c1c(F)cccc1CBr. The molecular formula is C15H14Br2FN. The minimum atomic E-state index is -0.186. The van der Waals surface area contributed by atoms with Crippen molar-refractivity contribution in [2.24, 2.45) is 0 Å². The Balaban J connectivity index is 2.27. The van der Waals surface area contributed by atoms with Crippen LogP contribution < -0.4 is 4.90 Å². The maximum atomic E-state index is 14.0. The van der Waals surface area contributed by atoms with Crippen LogP contribution in [0.5, 0.6) is 0 Å². The highest BCUT2D eigenvalue weighted by molar-refractivity contribution is 9.10. The Kier molecular flexibility index (Phi) is 4.99. The van der Waals surface area contributed by atoms with Crippen LogP contribution in [0.2, 0.25) is 0 Å². The van der Waals surface area contributed by atoms with E-state index in [0.717, 1.165) is 15.6 Å². The lowest BCUT2D eigenvalue weighted by molar-refractivity contribution is 0.620. The number of rotatable bonds is 4. The number of para-hydroxylation sites is 1. The molecular weight excluding hydrogens is 373 g/mol. The summed E-state index contributed by atoms with van der Waals surface area (Å²) in [5, 5.41) is 0.642. The van der Waals surface area contributed by atoms with Gasteiger partial charge in [0.15, 0.2) is 0 Å². The Hall–Kier alpha value is -0.870. The van der Waals surface area contributed by atoms with Crippen molar-refractivity contribution in [3.8, 4) is 0 Å². The van der Waals surface area contributed by atoms with Gasteiger partial charge in [-0.1, -0.05) is 56.1 Å². The summed E-state index contributed by atoms with van der Waals surface area (Å²) in [4.78, 5) is 1.94. The first-order valence-corrected chi connectivity index (χ1v) is 7.82. The van der Waals surface area contributed by atoms with E-state index in [4.69, 9.17) is 0 Å². The van der Waals surface area contributed by atoms with Gasteiger partial charge in [0.25, 0.3) is 0 Å². The molecule has 0 unspecified atom stereocenters. The van der Waals surface area contributed by atoms with E-state index in [-0.39, 0.29) is 5.82 Å². The Morgan fingerprint density at radius 2 is 1.89 bits per heavy atom. The molecule has 2 aromatic rings. The molecule has 0 saturated heterocycles. The fourth-order valence-corrected chi connectivity index (χ4v) is 2.98. The molecule has 1 nitrogen and oxygen atoms in total. The minimum absolute atomic E-state index is 0.186. The van der Waals surface area contributed by atoms with Gasteiger partial charge in [-0.3, -0.25) is 0 Å². The zero-order valence-corrected chi connectivity index (χ0v) is 13.7. The third kappa shape index (κ3) is 3.57. The summed E-state index contributed by atoms with van der Waals surface area (Å²) in [6.07, 6.45) is 0. The molecule has 100 valence electrons. The summed E-state index contributed by atoms with van der Waals surface area (Å²) in [7, 11) is 1.91. The highest BCUT2D eigenvalue weighted by Crippen LogP contribution is 2.27. The Morgan fingerprint density at radius 3 is 2.58 bits per heavy atom. The van der Waals surface area contributed by atoms with E-state index in [1.165, 1.54) is 6.07 Å².